The monoisotopic (exact) mass is 245 g/mol. The molecule has 2 aromatic rings. The van der Waals surface area contributed by atoms with Crippen LogP contribution < -0.4 is 5.32 Å². The number of pyridine rings is 1. The summed E-state index contributed by atoms with van der Waals surface area (Å²) in [7, 11) is 1.66. The molecule has 0 atom stereocenters. The molecule has 7 heteroatoms. The second-order valence-electron chi connectivity index (χ2n) is 3.63. The molecule has 0 spiro atoms. The standard InChI is InChI=1S/C11H11N5O2/c1-7-5-13-4-3-8(7)10-9(16(17)18)6-14-11(12-2)15-10/h3-6H,1-2H3,(H,12,14,15). The first-order valence-electron chi connectivity index (χ1n) is 5.23. The van der Waals surface area contributed by atoms with Gasteiger partial charge in [-0.25, -0.2) is 9.97 Å². The van der Waals surface area contributed by atoms with Gasteiger partial charge in [-0.3, -0.25) is 15.1 Å². The van der Waals surface area contributed by atoms with Gasteiger partial charge in [0.1, 0.15) is 6.20 Å². The van der Waals surface area contributed by atoms with Crippen molar-refractivity contribution in [2.75, 3.05) is 12.4 Å². The Kier molecular flexibility index (Phi) is 3.13. The molecule has 0 aliphatic heterocycles. The Labute approximate surface area is 103 Å². The third-order valence-corrected chi connectivity index (χ3v) is 2.47. The zero-order chi connectivity index (χ0) is 13.1. The molecule has 0 fully saturated rings. The minimum absolute atomic E-state index is 0.122. The molecule has 92 valence electrons. The Morgan fingerprint density at radius 3 is 2.78 bits per heavy atom. The van der Waals surface area contributed by atoms with Crippen molar-refractivity contribution in [1.29, 1.82) is 0 Å². The number of nitrogens with zero attached hydrogens (tertiary/aromatic N) is 4. The molecule has 2 aromatic heterocycles. The molecule has 7 nitrogen and oxygen atoms in total. The van der Waals surface area contributed by atoms with Crippen LogP contribution in [0.15, 0.2) is 24.7 Å². The van der Waals surface area contributed by atoms with Gasteiger partial charge in [0.2, 0.25) is 5.95 Å². The molecular weight excluding hydrogens is 234 g/mol. The SMILES string of the molecule is CNc1ncc([N+](=O)[O-])c(-c2ccncc2C)n1. The van der Waals surface area contributed by atoms with Crippen molar-refractivity contribution in [2.45, 2.75) is 6.92 Å². The maximum absolute atomic E-state index is 11.0. The molecule has 0 unspecified atom stereocenters. The number of hydrogen-bond acceptors (Lipinski definition) is 6. The Balaban J connectivity index is 2.68. The normalized spacial score (nSPS) is 10.1. The van der Waals surface area contributed by atoms with Crippen molar-refractivity contribution >= 4 is 11.6 Å². The summed E-state index contributed by atoms with van der Waals surface area (Å²) >= 11 is 0. The molecule has 0 aliphatic carbocycles. The Hall–Kier alpha value is -2.57. The fraction of sp³-hybridized carbons (Fsp3) is 0.182. The minimum Gasteiger partial charge on any atom is -0.357 e. The van der Waals surface area contributed by atoms with Crippen molar-refractivity contribution < 1.29 is 4.92 Å². The molecular formula is C11H11N5O2. The number of anilines is 1. The van der Waals surface area contributed by atoms with Crippen LogP contribution in [0, 0.1) is 17.0 Å². The molecule has 0 saturated heterocycles. The van der Waals surface area contributed by atoms with E-state index in [0.717, 1.165) is 5.56 Å². The van der Waals surface area contributed by atoms with Gasteiger partial charge in [0.15, 0.2) is 5.69 Å². The highest BCUT2D eigenvalue weighted by Gasteiger charge is 2.19. The lowest BCUT2D eigenvalue weighted by molar-refractivity contribution is -0.384. The van der Waals surface area contributed by atoms with E-state index in [9.17, 15) is 10.1 Å². The molecule has 1 N–H and O–H groups in total. The molecule has 0 amide bonds. The summed E-state index contributed by atoms with van der Waals surface area (Å²) in [6.07, 6.45) is 4.42. The molecule has 0 bridgehead atoms. The first kappa shape index (κ1) is 11.9. The van der Waals surface area contributed by atoms with Gasteiger partial charge in [-0.2, -0.15) is 0 Å². The Morgan fingerprint density at radius 1 is 1.39 bits per heavy atom. The smallest absolute Gasteiger partial charge is 0.313 e. The van der Waals surface area contributed by atoms with Crippen LogP contribution >= 0.6 is 0 Å². The fourth-order valence-electron chi connectivity index (χ4n) is 1.57. The Bertz CT molecular complexity index is 600. The van der Waals surface area contributed by atoms with Gasteiger partial charge >= 0.3 is 5.69 Å². The van der Waals surface area contributed by atoms with Crippen molar-refractivity contribution in [3.63, 3.8) is 0 Å². The van der Waals surface area contributed by atoms with E-state index in [1.165, 1.54) is 6.20 Å². The molecule has 2 rings (SSSR count). The van der Waals surface area contributed by atoms with Crippen LogP contribution in [-0.2, 0) is 0 Å². The molecule has 0 aliphatic rings. The van der Waals surface area contributed by atoms with Crippen molar-refractivity contribution in [3.05, 3.63) is 40.3 Å². The van der Waals surface area contributed by atoms with Crippen molar-refractivity contribution in [1.82, 2.24) is 15.0 Å². The zero-order valence-electron chi connectivity index (χ0n) is 9.91. The van der Waals surface area contributed by atoms with Crippen molar-refractivity contribution in [3.8, 4) is 11.3 Å². The van der Waals surface area contributed by atoms with Crippen LogP contribution in [0.5, 0.6) is 0 Å². The lowest BCUT2D eigenvalue weighted by atomic mass is 10.1. The number of hydrogen-bond donors (Lipinski definition) is 1. The molecule has 18 heavy (non-hydrogen) atoms. The highest BCUT2D eigenvalue weighted by molar-refractivity contribution is 5.72. The van der Waals surface area contributed by atoms with E-state index in [4.69, 9.17) is 0 Å². The van der Waals surface area contributed by atoms with E-state index in [0.29, 0.717) is 17.2 Å². The van der Waals surface area contributed by atoms with E-state index < -0.39 is 4.92 Å². The highest BCUT2D eigenvalue weighted by atomic mass is 16.6. The average molecular weight is 245 g/mol. The summed E-state index contributed by atoms with van der Waals surface area (Å²) in [4.78, 5) is 22.5. The first-order chi connectivity index (χ1) is 8.63. The van der Waals surface area contributed by atoms with Crippen molar-refractivity contribution in [2.24, 2.45) is 0 Å². The van der Waals surface area contributed by atoms with Gasteiger partial charge in [-0.15, -0.1) is 0 Å². The van der Waals surface area contributed by atoms with E-state index >= 15 is 0 Å². The van der Waals surface area contributed by atoms with Crippen LogP contribution in [0.4, 0.5) is 11.6 Å². The second-order valence-corrected chi connectivity index (χ2v) is 3.63. The minimum atomic E-state index is -0.491. The van der Waals surface area contributed by atoms with E-state index in [1.54, 1.807) is 25.5 Å². The molecule has 2 heterocycles. The first-order valence-corrected chi connectivity index (χ1v) is 5.23. The lowest BCUT2D eigenvalue weighted by Crippen LogP contribution is -2.02. The second kappa shape index (κ2) is 4.74. The summed E-state index contributed by atoms with van der Waals surface area (Å²) in [5.74, 6) is 0.340. The van der Waals surface area contributed by atoms with Gasteiger partial charge in [-0.1, -0.05) is 0 Å². The van der Waals surface area contributed by atoms with Crippen LogP contribution in [0.2, 0.25) is 0 Å². The van der Waals surface area contributed by atoms with Gasteiger partial charge in [-0.05, 0) is 18.6 Å². The predicted octanol–water partition coefficient (Wildman–Crippen LogP) is 1.80. The summed E-state index contributed by atoms with van der Waals surface area (Å²) in [5.41, 5.74) is 1.67. The topological polar surface area (TPSA) is 93.8 Å². The van der Waals surface area contributed by atoms with E-state index in [2.05, 4.69) is 20.3 Å². The highest BCUT2D eigenvalue weighted by Crippen LogP contribution is 2.29. The summed E-state index contributed by atoms with van der Waals surface area (Å²) < 4.78 is 0. The van der Waals surface area contributed by atoms with Gasteiger partial charge in [0.05, 0.1) is 4.92 Å². The summed E-state index contributed by atoms with van der Waals surface area (Å²) in [6.45, 7) is 1.83. The van der Waals surface area contributed by atoms with Gasteiger partial charge < -0.3 is 5.32 Å². The lowest BCUT2D eigenvalue weighted by Gasteiger charge is -2.06. The Morgan fingerprint density at radius 2 is 2.17 bits per heavy atom. The molecule has 0 radical (unpaired) electrons. The van der Waals surface area contributed by atoms with E-state index in [1.807, 2.05) is 6.92 Å². The third kappa shape index (κ3) is 2.10. The number of nitro groups is 1. The third-order valence-electron chi connectivity index (χ3n) is 2.47. The molecule has 0 saturated carbocycles. The van der Waals surface area contributed by atoms with Gasteiger partial charge in [0.25, 0.3) is 0 Å². The number of aromatic nitrogens is 3. The van der Waals surface area contributed by atoms with Crippen LogP contribution in [0.3, 0.4) is 0 Å². The number of aryl methyl sites for hydroxylation is 1. The number of nitrogens with one attached hydrogen (secondary N) is 1. The fourth-order valence-corrected chi connectivity index (χ4v) is 1.57. The maximum Gasteiger partial charge on any atom is 0.313 e. The van der Waals surface area contributed by atoms with Crippen LogP contribution in [-0.4, -0.2) is 26.9 Å². The van der Waals surface area contributed by atoms with Gasteiger partial charge in [0, 0.05) is 25.0 Å². The quantitative estimate of drug-likeness (QED) is 0.654. The maximum atomic E-state index is 11.0. The summed E-state index contributed by atoms with van der Waals surface area (Å²) in [6, 6.07) is 1.70. The van der Waals surface area contributed by atoms with E-state index in [-0.39, 0.29) is 5.69 Å². The molecule has 0 aromatic carbocycles. The zero-order valence-corrected chi connectivity index (χ0v) is 9.91. The largest absolute Gasteiger partial charge is 0.357 e. The predicted molar refractivity (Wildman–Crippen MR) is 66.2 cm³/mol. The number of rotatable bonds is 3. The summed E-state index contributed by atoms with van der Waals surface area (Å²) in [5, 5.41) is 13.8. The average Bonchev–Trinajstić information content (AvgIpc) is 2.38. The van der Waals surface area contributed by atoms with Crippen LogP contribution in [0.1, 0.15) is 5.56 Å². The van der Waals surface area contributed by atoms with Crippen LogP contribution in [0.25, 0.3) is 11.3 Å².